The van der Waals surface area contributed by atoms with Gasteiger partial charge >= 0.3 is 0 Å². The maximum absolute atomic E-state index is 9.21. The Morgan fingerprint density at radius 3 is 1.35 bits per heavy atom. The summed E-state index contributed by atoms with van der Waals surface area (Å²) in [6, 6.07) is 41.3. The number of hydrogen-bond acceptors (Lipinski definition) is 4. The molecule has 0 radical (unpaired) electrons. The fourth-order valence-corrected chi connectivity index (χ4v) is 6.94. The van der Waals surface area contributed by atoms with Crippen LogP contribution in [0.1, 0.15) is 11.0 Å². The maximum Gasteiger partial charge on any atom is 0.164 e. The molecule has 0 N–H and O–H groups in total. The van der Waals surface area contributed by atoms with E-state index >= 15 is 0 Å². The van der Waals surface area contributed by atoms with Gasteiger partial charge < -0.3 is 4.57 Å². The monoisotopic (exact) mass is 711 g/mol. The summed E-state index contributed by atoms with van der Waals surface area (Å²) in [6.45, 7) is 0. The van der Waals surface area contributed by atoms with Crippen molar-refractivity contribution in [3.63, 3.8) is 0 Å². The van der Waals surface area contributed by atoms with Crippen LogP contribution >= 0.6 is 0 Å². The van der Waals surface area contributed by atoms with Crippen LogP contribution in [0.2, 0.25) is 0 Å². The molecule has 0 spiro atoms. The minimum Gasteiger partial charge on any atom is -0.309 e. The van der Waals surface area contributed by atoms with E-state index in [0.29, 0.717) is 34.3 Å². The lowest BCUT2D eigenvalue weighted by atomic mass is 10.0. The minimum absolute atomic E-state index is 0.00805. The molecule has 258 valence electrons. The van der Waals surface area contributed by atoms with E-state index in [0.717, 1.165) is 38.9 Å². The van der Waals surface area contributed by atoms with Gasteiger partial charge in [0.15, 0.2) is 17.5 Å². The van der Waals surface area contributed by atoms with Crippen molar-refractivity contribution in [2.45, 2.75) is 0 Å². The smallest absolute Gasteiger partial charge is 0.164 e. The summed E-state index contributed by atoms with van der Waals surface area (Å²) < 4.78 is 72.6. The zero-order chi connectivity index (χ0) is 43.5. The third kappa shape index (κ3) is 6.04. The highest BCUT2D eigenvalue weighted by Crippen LogP contribution is 2.38. The lowest BCUT2D eigenvalue weighted by Gasteiger charge is -2.16. The van der Waals surface area contributed by atoms with Gasteiger partial charge in [0.1, 0.15) is 0 Å². The first-order valence-corrected chi connectivity index (χ1v) is 17.7. The third-order valence-corrected chi connectivity index (χ3v) is 9.66. The quantitative estimate of drug-likeness (QED) is 0.165. The van der Waals surface area contributed by atoms with Crippen molar-refractivity contribution in [3.05, 3.63) is 200 Å². The SMILES string of the molecule is [2H]c1c([2H])c([2H])c2c(c1[2H])c1c([2H])c([2H])c([2H])c([2H])c1n2-c1cc(-c2nc(-c3ccc(-c4ccccc4)cc3)nc(-c3ccc(-c4ccncc4)cc3)n2)ccc1-c1ccccc1. The van der Waals surface area contributed by atoms with Crippen LogP contribution in [0.3, 0.4) is 0 Å². The second-order valence-electron chi connectivity index (χ2n) is 12.9. The molecule has 0 bridgehead atoms. The molecule has 5 heteroatoms. The van der Waals surface area contributed by atoms with Crippen molar-refractivity contribution >= 4 is 21.8 Å². The number of benzene rings is 7. The second-order valence-corrected chi connectivity index (χ2v) is 12.9. The lowest BCUT2D eigenvalue weighted by molar-refractivity contribution is 1.07. The number of aromatic nitrogens is 5. The molecule has 0 saturated carbocycles. The standard InChI is InChI=1S/C50H33N5/c1-3-11-34(12-4-1)35-19-23-39(24-20-35)48-52-49(40-25-21-36(22-26-40)37-29-31-51-32-30-37)54-50(53-48)41-27-28-42(38-13-5-2-6-14-38)47(33-41)55-45-17-9-7-15-43(45)44-16-8-10-18-46(44)55/h1-33H/i7D,8D,9D,10D,15D,16D,17D,18D. The van der Waals surface area contributed by atoms with Crippen molar-refractivity contribution < 1.29 is 11.0 Å². The summed E-state index contributed by atoms with van der Waals surface area (Å²) in [6.07, 6.45) is 3.50. The van der Waals surface area contributed by atoms with Gasteiger partial charge in [-0.2, -0.15) is 0 Å². The Bertz CT molecular complexity index is 3220. The van der Waals surface area contributed by atoms with Crippen LogP contribution in [0.4, 0.5) is 0 Å². The van der Waals surface area contributed by atoms with Gasteiger partial charge in [-0.05, 0) is 58.1 Å². The van der Waals surface area contributed by atoms with Crippen LogP contribution < -0.4 is 0 Å². The molecule has 3 aromatic heterocycles. The van der Waals surface area contributed by atoms with Gasteiger partial charge in [0.05, 0.1) is 27.7 Å². The van der Waals surface area contributed by atoms with E-state index < -0.39 is 36.3 Å². The summed E-state index contributed by atoms with van der Waals surface area (Å²) in [5.74, 6) is 1.14. The fourth-order valence-electron chi connectivity index (χ4n) is 6.94. The Kier molecular flexibility index (Phi) is 6.20. The van der Waals surface area contributed by atoms with E-state index in [1.807, 2.05) is 133 Å². The molecule has 10 aromatic rings. The van der Waals surface area contributed by atoms with Crippen molar-refractivity contribution in [1.29, 1.82) is 0 Å². The van der Waals surface area contributed by atoms with Gasteiger partial charge in [-0.1, -0.05) is 158 Å². The third-order valence-electron chi connectivity index (χ3n) is 9.66. The predicted molar refractivity (Wildman–Crippen MR) is 225 cm³/mol. The summed E-state index contributed by atoms with van der Waals surface area (Å²) in [4.78, 5) is 19.2. The molecule has 10 rings (SSSR count). The average molecular weight is 712 g/mol. The van der Waals surface area contributed by atoms with Gasteiger partial charge in [-0.15, -0.1) is 0 Å². The lowest BCUT2D eigenvalue weighted by Crippen LogP contribution is -2.02. The first kappa shape index (κ1) is 24.7. The van der Waals surface area contributed by atoms with Gasteiger partial charge in [-0.25, -0.2) is 15.0 Å². The molecule has 0 aliphatic carbocycles. The Hall–Kier alpha value is -7.50. The average Bonchev–Trinajstić information content (AvgIpc) is 3.71. The van der Waals surface area contributed by atoms with Crippen molar-refractivity contribution in [2.24, 2.45) is 0 Å². The molecule has 0 aliphatic heterocycles. The largest absolute Gasteiger partial charge is 0.309 e. The highest BCUT2D eigenvalue weighted by atomic mass is 15.0. The molecule has 55 heavy (non-hydrogen) atoms. The molecule has 0 fully saturated rings. The Morgan fingerprint density at radius 1 is 0.382 bits per heavy atom. The van der Waals surface area contributed by atoms with E-state index in [-0.39, 0.29) is 33.9 Å². The van der Waals surface area contributed by atoms with Gasteiger partial charge in [0.25, 0.3) is 0 Å². The van der Waals surface area contributed by atoms with Crippen molar-refractivity contribution in [1.82, 2.24) is 24.5 Å². The zero-order valence-corrected chi connectivity index (χ0v) is 29.2. The molecular formula is C50H33N5. The number of rotatable bonds is 7. The minimum atomic E-state index is -0.508. The molecule has 0 saturated heterocycles. The van der Waals surface area contributed by atoms with E-state index in [2.05, 4.69) is 4.98 Å². The number of hydrogen-bond donors (Lipinski definition) is 0. The first-order chi connectivity index (χ1) is 30.6. The molecule has 0 unspecified atom stereocenters. The Balaban J connectivity index is 1.24. The predicted octanol–water partition coefficient (Wildman–Crippen LogP) is 12.4. The highest BCUT2D eigenvalue weighted by molar-refractivity contribution is 6.09. The van der Waals surface area contributed by atoms with Crippen LogP contribution in [-0.4, -0.2) is 24.5 Å². The van der Waals surface area contributed by atoms with Crippen LogP contribution in [0, 0.1) is 0 Å². The number of nitrogens with zero attached hydrogens (tertiary/aromatic N) is 5. The van der Waals surface area contributed by atoms with E-state index in [1.165, 1.54) is 4.57 Å². The second kappa shape index (κ2) is 13.8. The number of pyridine rings is 1. The van der Waals surface area contributed by atoms with Gasteiger partial charge in [-0.3, -0.25) is 4.98 Å². The van der Waals surface area contributed by atoms with E-state index in [4.69, 9.17) is 23.2 Å². The molecule has 7 aromatic carbocycles. The summed E-state index contributed by atoms with van der Waals surface area (Å²) in [7, 11) is 0. The van der Waals surface area contributed by atoms with Crippen LogP contribution in [0.25, 0.3) is 95.0 Å². The zero-order valence-electron chi connectivity index (χ0n) is 37.2. The number of fused-ring (bicyclic) bond motifs is 3. The van der Waals surface area contributed by atoms with Crippen LogP contribution in [0.5, 0.6) is 0 Å². The molecular weight excluding hydrogens is 671 g/mol. The van der Waals surface area contributed by atoms with Crippen LogP contribution in [-0.2, 0) is 0 Å². The van der Waals surface area contributed by atoms with Gasteiger partial charge in [0.2, 0.25) is 0 Å². The van der Waals surface area contributed by atoms with E-state index in [1.54, 1.807) is 18.5 Å². The molecule has 0 atom stereocenters. The Labute approximate surface area is 330 Å². The van der Waals surface area contributed by atoms with Crippen LogP contribution in [0.15, 0.2) is 200 Å². The van der Waals surface area contributed by atoms with E-state index in [9.17, 15) is 2.74 Å². The van der Waals surface area contributed by atoms with Gasteiger partial charge in [0, 0.05) is 45.4 Å². The molecule has 0 aliphatic rings. The summed E-state index contributed by atoms with van der Waals surface area (Å²) in [5.41, 5.74) is 7.96. The fraction of sp³-hybridized carbons (Fsp3) is 0. The molecule has 5 nitrogen and oxygen atoms in total. The molecule has 0 amide bonds. The normalized spacial score (nSPS) is 13.3. The van der Waals surface area contributed by atoms with Crippen molar-refractivity contribution in [3.8, 4) is 73.2 Å². The summed E-state index contributed by atoms with van der Waals surface area (Å²) in [5, 5.41) is -0.0161. The topological polar surface area (TPSA) is 56.5 Å². The highest BCUT2D eigenvalue weighted by Gasteiger charge is 2.19. The van der Waals surface area contributed by atoms with Crippen molar-refractivity contribution in [2.75, 3.05) is 0 Å². The summed E-state index contributed by atoms with van der Waals surface area (Å²) >= 11 is 0. The number of para-hydroxylation sites is 2. The molecule has 3 heterocycles. The first-order valence-electron chi connectivity index (χ1n) is 21.7. The maximum atomic E-state index is 9.21. The Morgan fingerprint density at radius 2 is 0.800 bits per heavy atom.